The minimum Gasteiger partial charge on any atom is -0.321 e. The third-order valence-corrected chi connectivity index (χ3v) is 6.23. The van der Waals surface area contributed by atoms with Gasteiger partial charge in [0.1, 0.15) is 6.17 Å². The molecule has 0 spiro atoms. The lowest BCUT2D eigenvalue weighted by Crippen LogP contribution is -2.61. The number of nitrogens with one attached hydrogen (secondary N) is 1. The van der Waals surface area contributed by atoms with Gasteiger partial charge in [0, 0.05) is 24.2 Å². The van der Waals surface area contributed by atoms with E-state index in [-0.39, 0.29) is 5.91 Å². The highest BCUT2D eigenvalue weighted by Crippen LogP contribution is 2.41. The number of amides is 3. The molecule has 3 heterocycles. The van der Waals surface area contributed by atoms with Crippen LogP contribution in [0.5, 0.6) is 0 Å². The highest BCUT2D eigenvalue weighted by molar-refractivity contribution is 6.30. The van der Waals surface area contributed by atoms with Crippen LogP contribution in [0.15, 0.2) is 42.5 Å². The van der Waals surface area contributed by atoms with Crippen molar-refractivity contribution in [3.8, 4) is 11.4 Å². The first-order chi connectivity index (χ1) is 14.8. The SMILES string of the molecule is Cc1ccc(C)c(CN2c3nnc(-c4ccc(Cl)cc4)n3C3C2C(=O)NC(=O)N3C)c1. The van der Waals surface area contributed by atoms with Gasteiger partial charge >= 0.3 is 6.03 Å². The normalized spacial score (nSPS) is 20.0. The predicted molar refractivity (Wildman–Crippen MR) is 117 cm³/mol. The number of fused-ring (bicyclic) bond motifs is 3. The molecule has 1 N–H and O–H groups in total. The number of rotatable bonds is 3. The van der Waals surface area contributed by atoms with Crippen LogP contribution in [0.25, 0.3) is 11.4 Å². The van der Waals surface area contributed by atoms with Gasteiger partial charge in [0.25, 0.3) is 5.91 Å². The molecule has 8 nitrogen and oxygen atoms in total. The summed E-state index contributed by atoms with van der Waals surface area (Å²) in [4.78, 5) is 28.9. The summed E-state index contributed by atoms with van der Waals surface area (Å²) in [6.45, 7) is 4.56. The Morgan fingerprint density at radius 2 is 1.81 bits per heavy atom. The summed E-state index contributed by atoms with van der Waals surface area (Å²) in [5.41, 5.74) is 4.16. The van der Waals surface area contributed by atoms with Crippen LogP contribution in [-0.4, -0.2) is 44.7 Å². The van der Waals surface area contributed by atoms with Crippen LogP contribution < -0.4 is 10.2 Å². The number of urea groups is 1. The molecule has 2 atom stereocenters. The molecule has 1 aromatic heterocycles. The van der Waals surface area contributed by atoms with Gasteiger partial charge in [-0.3, -0.25) is 14.7 Å². The minimum absolute atomic E-state index is 0.342. The highest BCUT2D eigenvalue weighted by Gasteiger charge is 2.52. The van der Waals surface area contributed by atoms with Crippen molar-refractivity contribution in [1.29, 1.82) is 0 Å². The van der Waals surface area contributed by atoms with E-state index in [2.05, 4.69) is 33.7 Å². The average molecular weight is 437 g/mol. The lowest BCUT2D eigenvalue weighted by atomic mass is 10.0. The molecule has 9 heteroatoms. The number of likely N-dealkylation sites (N-methyl/N-ethyl adjacent to an activating group) is 1. The summed E-state index contributed by atoms with van der Waals surface area (Å²) < 4.78 is 1.87. The Morgan fingerprint density at radius 3 is 2.55 bits per heavy atom. The first-order valence-electron chi connectivity index (χ1n) is 9.96. The molecule has 0 saturated carbocycles. The smallest absolute Gasteiger partial charge is 0.321 e. The number of aryl methyl sites for hydroxylation is 2. The summed E-state index contributed by atoms with van der Waals surface area (Å²) in [5, 5.41) is 11.9. The van der Waals surface area contributed by atoms with E-state index < -0.39 is 18.2 Å². The van der Waals surface area contributed by atoms with Crippen LogP contribution in [0.4, 0.5) is 10.7 Å². The molecule has 1 saturated heterocycles. The molecule has 0 radical (unpaired) electrons. The van der Waals surface area contributed by atoms with E-state index in [1.165, 1.54) is 4.90 Å². The van der Waals surface area contributed by atoms with Crippen LogP contribution in [0.3, 0.4) is 0 Å². The predicted octanol–water partition coefficient (Wildman–Crippen LogP) is 3.28. The number of aromatic nitrogens is 3. The lowest BCUT2D eigenvalue weighted by molar-refractivity contribution is -0.124. The zero-order chi connectivity index (χ0) is 21.9. The van der Waals surface area contributed by atoms with Crippen molar-refractivity contribution in [3.63, 3.8) is 0 Å². The van der Waals surface area contributed by atoms with Gasteiger partial charge in [0.2, 0.25) is 5.95 Å². The number of anilines is 1. The summed E-state index contributed by atoms with van der Waals surface area (Å²) in [6.07, 6.45) is -0.554. The Labute approximate surface area is 184 Å². The molecule has 0 aliphatic carbocycles. The van der Waals surface area contributed by atoms with Crippen molar-refractivity contribution in [3.05, 3.63) is 64.2 Å². The van der Waals surface area contributed by atoms with Crippen molar-refractivity contribution in [2.24, 2.45) is 0 Å². The molecular formula is C22H21ClN6O2. The molecule has 158 valence electrons. The number of halogens is 1. The Bertz CT molecular complexity index is 1210. The van der Waals surface area contributed by atoms with Crippen LogP contribution in [0.1, 0.15) is 22.9 Å². The molecule has 1 fully saturated rings. The number of carbonyl (C=O) groups is 2. The minimum atomic E-state index is -0.612. The molecule has 2 aliphatic heterocycles. The molecule has 5 rings (SSSR count). The Hall–Kier alpha value is -3.39. The zero-order valence-corrected chi connectivity index (χ0v) is 18.1. The lowest BCUT2D eigenvalue weighted by Gasteiger charge is -2.37. The quantitative estimate of drug-likeness (QED) is 0.681. The number of benzene rings is 2. The average Bonchev–Trinajstić information content (AvgIpc) is 3.29. The standard InChI is InChI=1S/C22H21ClN6O2/c1-12-4-5-13(2)15(10-12)11-28-17-19(30)24-22(31)27(3)20(17)29-18(25-26-21(28)29)14-6-8-16(23)9-7-14/h4-10,17,20H,11H2,1-3H3,(H,24,30,31). The number of hydrogen-bond donors (Lipinski definition) is 1. The summed E-state index contributed by atoms with van der Waals surface area (Å²) >= 11 is 6.05. The summed E-state index contributed by atoms with van der Waals surface area (Å²) in [6, 6.07) is 12.5. The van der Waals surface area contributed by atoms with Gasteiger partial charge in [-0.1, -0.05) is 35.4 Å². The number of nitrogens with zero attached hydrogens (tertiary/aromatic N) is 5. The van der Waals surface area contributed by atoms with Crippen LogP contribution >= 0.6 is 11.6 Å². The van der Waals surface area contributed by atoms with E-state index in [0.717, 1.165) is 22.3 Å². The Balaban J connectivity index is 1.65. The van der Waals surface area contributed by atoms with Crippen LogP contribution in [0.2, 0.25) is 5.02 Å². The fourth-order valence-corrected chi connectivity index (χ4v) is 4.44. The van der Waals surface area contributed by atoms with Gasteiger partial charge in [-0.05, 0) is 49.2 Å². The van der Waals surface area contributed by atoms with Gasteiger partial charge in [0.15, 0.2) is 11.9 Å². The maximum atomic E-state index is 13.0. The third-order valence-electron chi connectivity index (χ3n) is 5.98. The number of carbonyl (C=O) groups excluding carboxylic acids is 2. The highest BCUT2D eigenvalue weighted by atomic mass is 35.5. The van der Waals surface area contributed by atoms with E-state index in [1.807, 2.05) is 35.4 Å². The molecule has 2 aliphatic rings. The molecular weight excluding hydrogens is 416 g/mol. The largest absolute Gasteiger partial charge is 0.325 e. The maximum absolute atomic E-state index is 13.0. The fraction of sp³-hybridized carbons (Fsp3) is 0.273. The van der Waals surface area contributed by atoms with Crippen molar-refractivity contribution in [2.75, 3.05) is 11.9 Å². The monoisotopic (exact) mass is 436 g/mol. The van der Waals surface area contributed by atoms with Crippen molar-refractivity contribution >= 4 is 29.5 Å². The second-order valence-corrected chi connectivity index (χ2v) is 8.46. The number of hydrogen-bond acceptors (Lipinski definition) is 5. The second kappa shape index (κ2) is 7.09. The van der Waals surface area contributed by atoms with Crippen LogP contribution in [0, 0.1) is 13.8 Å². The Morgan fingerprint density at radius 1 is 1.06 bits per heavy atom. The zero-order valence-electron chi connectivity index (χ0n) is 17.3. The molecule has 3 aromatic rings. The third kappa shape index (κ3) is 3.06. The molecule has 2 aromatic carbocycles. The summed E-state index contributed by atoms with van der Waals surface area (Å²) in [5.74, 6) is 0.794. The fourth-order valence-electron chi connectivity index (χ4n) is 4.32. The summed E-state index contributed by atoms with van der Waals surface area (Å²) in [7, 11) is 1.68. The second-order valence-electron chi connectivity index (χ2n) is 8.02. The molecule has 0 bridgehead atoms. The van der Waals surface area contributed by atoms with Crippen molar-refractivity contribution in [2.45, 2.75) is 32.6 Å². The van der Waals surface area contributed by atoms with Gasteiger partial charge in [-0.25, -0.2) is 4.79 Å². The van der Waals surface area contributed by atoms with E-state index in [4.69, 9.17) is 11.6 Å². The first-order valence-corrected chi connectivity index (χ1v) is 10.3. The van der Waals surface area contributed by atoms with Gasteiger partial charge in [0.05, 0.1) is 0 Å². The topological polar surface area (TPSA) is 83.4 Å². The molecule has 2 unspecified atom stereocenters. The van der Waals surface area contributed by atoms with Gasteiger partial charge < -0.3 is 9.80 Å². The first kappa shape index (κ1) is 19.6. The number of imide groups is 1. The van der Waals surface area contributed by atoms with Crippen molar-refractivity contribution in [1.82, 2.24) is 25.0 Å². The maximum Gasteiger partial charge on any atom is 0.325 e. The van der Waals surface area contributed by atoms with Gasteiger partial charge in [-0.2, -0.15) is 0 Å². The molecule has 3 amide bonds. The van der Waals surface area contributed by atoms with Crippen molar-refractivity contribution < 1.29 is 9.59 Å². The van der Waals surface area contributed by atoms with E-state index >= 15 is 0 Å². The van der Waals surface area contributed by atoms with E-state index in [1.54, 1.807) is 19.2 Å². The van der Waals surface area contributed by atoms with E-state index in [9.17, 15) is 9.59 Å². The molecule has 31 heavy (non-hydrogen) atoms. The van der Waals surface area contributed by atoms with Crippen LogP contribution in [-0.2, 0) is 11.3 Å². The van der Waals surface area contributed by atoms with E-state index in [0.29, 0.717) is 23.3 Å². The van der Waals surface area contributed by atoms with Gasteiger partial charge in [-0.15, -0.1) is 10.2 Å². The Kier molecular flexibility index (Phi) is 4.48.